The molecule has 0 bridgehead atoms. The highest BCUT2D eigenvalue weighted by atomic mass is 19.1. The highest BCUT2D eigenvalue weighted by molar-refractivity contribution is 5.29. The van der Waals surface area contributed by atoms with Crippen LogP contribution in [0, 0.1) is 18.7 Å². The number of ether oxygens (including phenoxy) is 1. The average Bonchev–Trinajstić information content (AvgIpc) is 2.76. The Hall–Kier alpha value is -1.13. The zero-order chi connectivity index (χ0) is 13.9. The van der Waals surface area contributed by atoms with Gasteiger partial charge >= 0.3 is 0 Å². The van der Waals surface area contributed by atoms with Crippen LogP contribution in [0.15, 0.2) is 18.2 Å². The van der Waals surface area contributed by atoms with Crippen LogP contribution in [-0.4, -0.2) is 23.9 Å². The van der Waals surface area contributed by atoms with Gasteiger partial charge in [-0.15, -0.1) is 0 Å². The Morgan fingerprint density at radius 1 is 1.53 bits per heavy atom. The van der Waals surface area contributed by atoms with Crippen molar-refractivity contribution in [2.45, 2.75) is 38.1 Å². The van der Waals surface area contributed by atoms with Gasteiger partial charge in [0.2, 0.25) is 0 Å². The number of aliphatic hydroxyl groups is 1. The first-order chi connectivity index (χ1) is 9.05. The lowest BCUT2D eigenvalue weighted by molar-refractivity contribution is 0.142. The molecule has 0 radical (unpaired) electrons. The molecule has 0 amide bonds. The number of benzene rings is 1. The molecule has 1 aromatic carbocycles. The van der Waals surface area contributed by atoms with Crippen LogP contribution in [0.1, 0.15) is 31.2 Å². The number of nitrogens with two attached hydrogens (primary N) is 1. The molecule has 3 N–H and O–H groups in total. The molecule has 1 fully saturated rings. The van der Waals surface area contributed by atoms with Crippen molar-refractivity contribution in [3.8, 4) is 5.75 Å². The zero-order valence-corrected chi connectivity index (χ0v) is 11.4. The van der Waals surface area contributed by atoms with Crippen LogP contribution in [0.3, 0.4) is 0 Å². The topological polar surface area (TPSA) is 55.5 Å². The minimum absolute atomic E-state index is 0.0104. The van der Waals surface area contributed by atoms with Gasteiger partial charge in [-0.05, 0) is 49.8 Å². The van der Waals surface area contributed by atoms with Gasteiger partial charge in [-0.25, -0.2) is 4.39 Å². The molecule has 0 heterocycles. The first-order valence-electron chi connectivity index (χ1n) is 6.84. The monoisotopic (exact) mass is 267 g/mol. The lowest BCUT2D eigenvalue weighted by Crippen LogP contribution is -2.47. The molecule has 3 nitrogen and oxygen atoms in total. The van der Waals surface area contributed by atoms with Crippen molar-refractivity contribution in [2.24, 2.45) is 11.7 Å². The largest absolute Gasteiger partial charge is 0.490 e. The molecule has 0 saturated heterocycles. The molecule has 0 spiro atoms. The first kappa shape index (κ1) is 14.3. The second kappa shape index (κ2) is 5.88. The van der Waals surface area contributed by atoms with E-state index in [9.17, 15) is 9.50 Å². The molecule has 4 heteroatoms. The number of aryl methyl sites for hydroxylation is 1. The van der Waals surface area contributed by atoms with Gasteiger partial charge in [-0.1, -0.05) is 12.5 Å². The summed E-state index contributed by atoms with van der Waals surface area (Å²) in [6.07, 6.45) is 3.66. The summed E-state index contributed by atoms with van der Waals surface area (Å²) in [5, 5.41) is 9.37. The molecular formula is C15H22FNO2. The van der Waals surface area contributed by atoms with Crippen molar-refractivity contribution >= 4 is 0 Å². The van der Waals surface area contributed by atoms with Crippen LogP contribution in [0.4, 0.5) is 4.39 Å². The smallest absolute Gasteiger partial charge is 0.165 e. The molecule has 2 atom stereocenters. The number of rotatable bonds is 5. The lowest BCUT2D eigenvalue weighted by Gasteiger charge is -2.29. The van der Waals surface area contributed by atoms with Gasteiger partial charge in [0.25, 0.3) is 0 Å². The van der Waals surface area contributed by atoms with Crippen molar-refractivity contribution in [1.82, 2.24) is 0 Å². The summed E-state index contributed by atoms with van der Waals surface area (Å²) in [4.78, 5) is 0. The van der Waals surface area contributed by atoms with Crippen LogP contribution in [0.5, 0.6) is 5.75 Å². The molecule has 0 aromatic heterocycles. The fourth-order valence-corrected chi connectivity index (χ4v) is 2.84. The summed E-state index contributed by atoms with van der Waals surface area (Å²) in [6.45, 7) is 2.35. The summed E-state index contributed by atoms with van der Waals surface area (Å²) >= 11 is 0. The Balaban J connectivity index is 1.88. The second-order valence-electron chi connectivity index (χ2n) is 5.55. The maximum atomic E-state index is 13.5. The summed E-state index contributed by atoms with van der Waals surface area (Å²) < 4.78 is 19.0. The number of halogens is 1. The van der Waals surface area contributed by atoms with Gasteiger partial charge in [0.1, 0.15) is 0 Å². The predicted octanol–water partition coefficient (Wildman–Crippen LogP) is 2.39. The normalized spacial score (nSPS) is 26.6. The predicted molar refractivity (Wildman–Crippen MR) is 72.6 cm³/mol. The average molecular weight is 267 g/mol. The van der Waals surface area contributed by atoms with E-state index in [-0.39, 0.29) is 18.3 Å². The van der Waals surface area contributed by atoms with Gasteiger partial charge in [-0.2, -0.15) is 0 Å². The van der Waals surface area contributed by atoms with E-state index in [0.717, 1.165) is 31.2 Å². The number of aliphatic hydroxyl groups excluding tert-OH is 1. The SMILES string of the molecule is Cc1ccc(F)c(OCCC2CCCC2(N)CO)c1. The lowest BCUT2D eigenvalue weighted by atomic mass is 9.87. The van der Waals surface area contributed by atoms with E-state index in [4.69, 9.17) is 10.5 Å². The van der Waals surface area contributed by atoms with Crippen LogP contribution >= 0.6 is 0 Å². The fourth-order valence-electron chi connectivity index (χ4n) is 2.84. The Kier molecular flexibility index (Phi) is 4.42. The fraction of sp³-hybridized carbons (Fsp3) is 0.600. The number of hydrogen-bond acceptors (Lipinski definition) is 3. The van der Waals surface area contributed by atoms with E-state index < -0.39 is 5.54 Å². The van der Waals surface area contributed by atoms with Gasteiger partial charge in [0.15, 0.2) is 11.6 Å². The van der Waals surface area contributed by atoms with Crippen molar-refractivity contribution in [1.29, 1.82) is 0 Å². The van der Waals surface area contributed by atoms with E-state index >= 15 is 0 Å². The molecule has 2 rings (SSSR count). The van der Waals surface area contributed by atoms with Crippen LogP contribution in [0.2, 0.25) is 0 Å². The molecular weight excluding hydrogens is 245 g/mol. The van der Waals surface area contributed by atoms with E-state index in [0.29, 0.717) is 12.4 Å². The third kappa shape index (κ3) is 3.25. The van der Waals surface area contributed by atoms with E-state index in [1.807, 2.05) is 6.92 Å². The number of hydrogen-bond donors (Lipinski definition) is 2. The van der Waals surface area contributed by atoms with Gasteiger partial charge < -0.3 is 15.6 Å². The Bertz CT molecular complexity index is 438. The van der Waals surface area contributed by atoms with E-state index in [1.54, 1.807) is 12.1 Å². The van der Waals surface area contributed by atoms with Gasteiger partial charge in [-0.3, -0.25) is 0 Å². The molecule has 0 aliphatic heterocycles. The third-order valence-corrected chi connectivity index (χ3v) is 4.11. The Morgan fingerprint density at radius 3 is 3.05 bits per heavy atom. The standard InChI is InChI=1S/C15H22FNO2/c1-11-4-5-13(16)14(9-11)19-8-6-12-3-2-7-15(12,17)10-18/h4-5,9,12,18H,2-3,6-8,10,17H2,1H3. The summed E-state index contributed by atoms with van der Waals surface area (Å²) in [7, 11) is 0. The first-order valence-corrected chi connectivity index (χ1v) is 6.84. The molecule has 1 saturated carbocycles. The van der Waals surface area contributed by atoms with Crippen molar-refractivity contribution in [2.75, 3.05) is 13.2 Å². The highest BCUT2D eigenvalue weighted by Gasteiger charge is 2.38. The summed E-state index contributed by atoms with van der Waals surface area (Å²) in [5.74, 6) is 0.216. The third-order valence-electron chi connectivity index (χ3n) is 4.11. The molecule has 2 unspecified atom stereocenters. The molecule has 106 valence electrons. The van der Waals surface area contributed by atoms with Crippen molar-refractivity contribution in [3.63, 3.8) is 0 Å². The molecule has 1 aliphatic rings. The van der Waals surface area contributed by atoms with Crippen LogP contribution in [-0.2, 0) is 0 Å². The zero-order valence-electron chi connectivity index (χ0n) is 11.4. The quantitative estimate of drug-likeness (QED) is 0.861. The van der Waals surface area contributed by atoms with Gasteiger partial charge in [0.05, 0.1) is 13.2 Å². The highest BCUT2D eigenvalue weighted by Crippen LogP contribution is 2.35. The van der Waals surface area contributed by atoms with Crippen LogP contribution < -0.4 is 10.5 Å². The van der Waals surface area contributed by atoms with E-state index in [2.05, 4.69) is 0 Å². The Labute approximate surface area is 113 Å². The maximum Gasteiger partial charge on any atom is 0.165 e. The van der Waals surface area contributed by atoms with Crippen molar-refractivity contribution < 1.29 is 14.2 Å². The van der Waals surface area contributed by atoms with E-state index in [1.165, 1.54) is 6.07 Å². The maximum absolute atomic E-state index is 13.5. The molecule has 1 aromatic rings. The minimum Gasteiger partial charge on any atom is -0.490 e. The van der Waals surface area contributed by atoms with Gasteiger partial charge in [0, 0.05) is 5.54 Å². The van der Waals surface area contributed by atoms with Crippen LogP contribution in [0.25, 0.3) is 0 Å². The Morgan fingerprint density at radius 2 is 2.32 bits per heavy atom. The molecule has 19 heavy (non-hydrogen) atoms. The molecule has 1 aliphatic carbocycles. The summed E-state index contributed by atoms with van der Waals surface area (Å²) in [6, 6.07) is 4.84. The minimum atomic E-state index is -0.478. The summed E-state index contributed by atoms with van der Waals surface area (Å²) in [5.41, 5.74) is 6.65. The van der Waals surface area contributed by atoms with Crippen molar-refractivity contribution in [3.05, 3.63) is 29.6 Å². The second-order valence-corrected chi connectivity index (χ2v) is 5.55.